The van der Waals surface area contributed by atoms with Crippen molar-refractivity contribution >= 4 is 0 Å². The van der Waals surface area contributed by atoms with Crippen LogP contribution in [-0.4, -0.2) is 42.2 Å². The van der Waals surface area contributed by atoms with Gasteiger partial charge in [-0.15, -0.1) is 0 Å². The summed E-state index contributed by atoms with van der Waals surface area (Å²) in [5.74, 6) is 0.940. The molecule has 2 aliphatic heterocycles. The number of benzene rings is 2. The zero-order chi connectivity index (χ0) is 24.6. The fourth-order valence-corrected chi connectivity index (χ4v) is 6.46. The van der Waals surface area contributed by atoms with Gasteiger partial charge in [0.05, 0.1) is 38.6 Å². The lowest BCUT2D eigenvalue weighted by atomic mass is 9.59. The highest BCUT2D eigenvalue weighted by atomic mass is 16.6. The van der Waals surface area contributed by atoms with Crippen molar-refractivity contribution in [1.82, 2.24) is 0 Å². The van der Waals surface area contributed by atoms with E-state index in [4.69, 9.17) is 18.9 Å². The van der Waals surface area contributed by atoms with Crippen molar-refractivity contribution in [1.29, 1.82) is 0 Å². The van der Waals surface area contributed by atoms with Gasteiger partial charge in [0.15, 0.2) is 0 Å². The lowest BCUT2D eigenvalue weighted by molar-refractivity contribution is -0.117. The molecule has 0 amide bonds. The van der Waals surface area contributed by atoms with Crippen LogP contribution >= 0.6 is 0 Å². The number of hydrogen-bond donors (Lipinski definition) is 1. The van der Waals surface area contributed by atoms with Gasteiger partial charge in [0.2, 0.25) is 0 Å². The van der Waals surface area contributed by atoms with Crippen molar-refractivity contribution in [3.05, 3.63) is 90.0 Å². The predicted octanol–water partition coefficient (Wildman–Crippen LogP) is 5.23. The van der Waals surface area contributed by atoms with Crippen LogP contribution in [0, 0.1) is 11.3 Å². The third kappa shape index (κ3) is 4.36. The summed E-state index contributed by atoms with van der Waals surface area (Å²) in [6.07, 6.45) is 4.03. The van der Waals surface area contributed by atoms with Crippen LogP contribution in [0.15, 0.2) is 78.9 Å². The maximum atomic E-state index is 10.9. The van der Waals surface area contributed by atoms with Gasteiger partial charge < -0.3 is 24.1 Å². The summed E-state index contributed by atoms with van der Waals surface area (Å²) in [7, 11) is 1.66. The van der Waals surface area contributed by atoms with Crippen molar-refractivity contribution in [2.24, 2.45) is 11.3 Å². The van der Waals surface area contributed by atoms with Crippen LogP contribution in [0.3, 0.4) is 0 Å². The summed E-state index contributed by atoms with van der Waals surface area (Å²) >= 11 is 0. The molecule has 1 aliphatic carbocycles. The van der Waals surface area contributed by atoms with E-state index in [2.05, 4.69) is 32.6 Å². The fraction of sp³-hybridized carbons (Fsp3) is 0.467. The molecule has 5 nitrogen and oxygen atoms in total. The zero-order valence-corrected chi connectivity index (χ0v) is 20.9. The Morgan fingerprint density at radius 2 is 1.71 bits per heavy atom. The second-order valence-electron chi connectivity index (χ2n) is 10.6. The van der Waals surface area contributed by atoms with Crippen LogP contribution in [-0.2, 0) is 27.4 Å². The van der Waals surface area contributed by atoms with Crippen molar-refractivity contribution in [3.63, 3.8) is 0 Å². The van der Waals surface area contributed by atoms with E-state index in [0.717, 1.165) is 28.9 Å². The van der Waals surface area contributed by atoms with Crippen molar-refractivity contribution in [3.8, 4) is 5.75 Å². The van der Waals surface area contributed by atoms with E-state index in [1.54, 1.807) is 13.2 Å². The number of rotatable bonds is 8. The summed E-state index contributed by atoms with van der Waals surface area (Å²) in [6, 6.07) is 18.2. The second-order valence-corrected chi connectivity index (χ2v) is 10.6. The molecule has 2 fully saturated rings. The van der Waals surface area contributed by atoms with Gasteiger partial charge in [0.25, 0.3) is 0 Å². The molecular weight excluding hydrogens is 440 g/mol. The SMILES string of the molecule is C=CC1=CC(O)CC2C(C)(C)[C@H]3O[C@@]2(C[C@@H]3OCc2ccccc2)[C@H]1OCc1ccc(OC)cc1. The molecule has 5 heteroatoms. The van der Waals surface area contributed by atoms with Gasteiger partial charge in [-0.2, -0.15) is 0 Å². The lowest BCUT2D eigenvalue weighted by Gasteiger charge is -2.46. The van der Waals surface area contributed by atoms with E-state index in [-0.39, 0.29) is 29.6 Å². The minimum absolute atomic E-state index is 0.0464. The normalized spacial score (nSPS) is 33.0. The molecule has 35 heavy (non-hydrogen) atoms. The van der Waals surface area contributed by atoms with Gasteiger partial charge in [-0.1, -0.05) is 75.0 Å². The topological polar surface area (TPSA) is 57.2 Å². The Labute approximate surface area is 208 Å². The average molecular weight is 477 g/mol. The van der Waals surface area contributed by atoms with Crippen LogP contribution in [0.4, 0.5) is 0 Å². The first-order chi connectivity index (χ1) is 16.9. The molecular formula is C30H36O5. The van der Waals surface area contributed by atoms with E-state index in [1.807, 2.05) is 48.5 Å². The number of aliphatic hydroxyl groups is 1. The molecule has 0 saturated carbocycles. The van der Waals surface area contributed by atoms with Crippen LogP contribution < -0.4 is 4.74 Å². The maximum Gasteiger partial charge on any atom is 0.118 e. The first kappa shape index (κ1) is 24.3. The van der Waals surface area contributed by atoms with Crippen LogP contribution in [0.25, 0.3) is 0 Å². The predicted molar refractivity (Wildman–Crippen MR) is 135 cm³/mol. The summed E-state index contributed by atoms with van der Waals surface area (Å²) in [5, 5.41) is 10.9. The summed E-state index contributed by atoms with van der Waals surface area (Å²) in [6.45, 7) is 9.51. The minimum Gasteiger partial charge on any atom is -0.497 e. The molecule has 2 bridgehead atoms. The first-order valence-corrected chi connectivity index (χ1v) is 12.5. The summed E-state index contributed by atoms with van der Waals surface area (Å²) in [5.41, 5.74) is 2.33. The highest BCUT2D eigenvalue weighted by Gasteiger charge is 2.71. The van der Waals surface area contributed by atoms with E-state index >= 15 is 0 Å². The van der Waals surface area contributed by atoms with Crippen molar-refractivity contribution in [2.45, 2.75) is 69.9 Å². The Bertz CT molecular complexity index is 1060. The highest BCUT2D eigenvalue weighted by molar-refractivity contribution is 5.34. The van der Waals surface area contributed by atoms with Crippen LogP contribution in [0.1, 0.15) is 37.8 Å². The van der Waals surface area contributed by atoms with E-state index in [9.17, 15) is 5.11 Å². The molecule has 2 aromatic carbocycles. The molecule has 2 heterocycles. The molecule has 3 aliphatic rings. The minimum atomic E-state index is -0.584. The zero-order valence-electron chi connectivity index (χ0n) is 20.9. The van der Waals surface area contributed by atoms with Crippen LogP contribution in [0.2, 0.25) is 0 Å². The van der Waals surface area contributed by atoms with Gasteiger partial charge in [0, 0.05) is 12.3 Å². The molecule has 1 N–H and O–H groups in total. The number of aliphatic hydroxyl groups excluding tert-OH is 1. The highest BCUT2D eigenvalue weighted by Crippen LogP contribution is 2.63. The average Bonchev–Trinajstić information content (AvgIpc) is 3.31. The number of fused-ring (bicyclic) bond motifs is 1. The smallest absolute Gasteiger partial charge is 0.118 e. The van der Waals surface area contributed by atoms with E-state index in [1.165, 1.54) is 0 Å². The van der Waals surface area contributed by atoms with Gasteiger partial charge in [-0.05, 0) is 40.7 Å². The van der Waals surface area contributed by atoms with E-state index < -0.39 is 11.7 Å². The maximum absolute atomic E-state index is 10.9. The van der Waals surface area contributed by atoms with Crippen molar-refractivity contribution in [2.75, 3.05) is 7.11 Å². The molecule has 0 radical (unpaired) electrons. The summed E-state index contributed by atoms with van der Waals surface area (Å²) < 4.78 is 25.3. The Balaban J connectivity index is 1.43. The molecule has 2 aromatic rings. The van der Waals surface area contributed by atoms with Gasteiger partial charge in [-0.25, -0.2) is 0 Å². The quantitative estimate of drug-likeness (QED) is 0.566. The largest absolute Gasteiger partial charge is 0.497 e. The molecule has 2 unspecified atom stereocenters. The fourth-order valence-electron chi connectivity index (χ4n) is 6.46. The summed E-state index contributed by atoms with van der Waals surface area (Å²) in [4.78, 5) is 0. The molecule has 186 valence electrons. The number of methoxy groups -OCH3 is 1. The number of ether oxygens (including phenoxy) is 4. The third-order valence-corrected chi connectivity index (χ3v) is 8.15. The van der Waals surface area contributed by atoms with E-state index in [0.29, 0.717) is 19.6 Å². The van der Waals surface area contributed by atoms with Gasteiger partial charge >= 0.3 is 0 Å². The monoisotopic (exact) mass is 476 g/mol. The third-order valence-electron chi connectivity index (χ3n) is 8.15. The first-order valence-electron chi connectivity index (χ1n) is 12.5. The lowest BCUT2D eigenvalue weighted by Crippen LogP contribution is -2.54. The van der Waals surface area contributed by atoms with Crippen molar-refractivity contribution < 1.29 is 24.1 Å². The van der Waals surface area contributed by atoms with Crippen LogP contribution in [0.5, 0.6) is 5.75 Å². The second kappa shape index (κ2) is 9.55. The Hall–Kier alpha value is -2.44. The molecule has 2 saturated heterocycles. The standard InChI is InChI=1S/C30H36O5/c1-5-22-15-23(31)16-26-29(2,3)28-25(33-18-20-9-7-6-8-10-20)17-30(26,35-28)27(22)34-19-21-11-13-24(32-4)14-12-21/h5-15,23,25-28,31H,1,16-19H2,2-4H3/t23?,25-,26?,27-,28-,30+/m0/s1. The Morgan fingerprint density at radius 1 is 1.03 bits per heavy atom. The van der Waals surface area contributed by atoms with Gasteiger partial charge in [0.1, 0.15) is 17.5 Å². The molecule has 1 spiro atoms. The molecule has 5 rings (SSSR count). The number of hydrogen-bond acceptors (Lipinski definition) is 5. The molecule has 0 aromatic heterocycles. The van der Waals surface area contributed by atoms with Gasteiger partial charge in [-0.3, -0.25) is 0 Å². The molecule has 6 atom stereocenters. The Kier molecular flexibility index (Phi) is 6.62. The Morgan fingerprint density at radius 3 is 2.40 bits per heavy atom.